The molecule has 0 aliphatic rings. The van der Waals surface area contributed by atoms with Crippen molar-refractivity contribution in [3.8, 4) is 0 Å². The van der Waals surface area contributed by atoms with Gasteiger partial charge in [0.1, 0.15) is 5.82 Å². The first-order chi connectivity index (χ1) is 10.7. The van der Waals surface area contributed by atoms with Gasteiger partial charge < -0.3 is 10.6 Å². The van der Waals surface area contributed by atoms with E-state index >= 15 is 0 Å². The van der Waals surface area contributed by atoms with Gasteiger partial charge >= 0.3 is 0 Å². The SMILES string of the molecule is CCCCC(=O)Nc1ccc(NCc2ccc(Cl)cc2)cn1. The smallest absolute Gasteiger partial charge is 0.225 e. The van der Waals surface area contributed by atoms with Crippen LogP contribution in [0, 0.1) is 0 Å². The highest BCUT2D eigenvalue weighted by molar-refractivity contribution is 6.30. The summed E-state index contributed by atoms with van der Waals surface area (Å²) in [5.41, 5.74) is 2.04. The van der Waals surface area contributed by atoms with E-state index < -0.39 is 0 Å². The number of amides is 1. The average Bonchev–Trinajstić information content (AvgIpc) is 2.54. The van der Waals surface area contributed by atoms with E-state index in [1.54, 1.807) is 12.3 Å². The molecule has 5 heteroatoms. The van der Waals surface area contributed by atoms with Crippen LogP contribution < -0.4 is 10.6 Å². The second kappa shape index (κ2) is 8.39. The van der Waals surface area contributed by atoms with Crippen molar-refractivity contribution in [3.05, 3.63) is 53.2 Å². The maximum Gasteiger partial charge on any atom is 0.225 e. The van der Waals surface area contributed by atoms with Crippen molar-refractivity contribution in [1.82, 2.24) is 4.98 Å². The minimum Gasteiger partial charge on any atom is -0.380 e. The largest absolute Gasteiger partial charge is 0.380 e. The van der Waals surface area contributed by atoms with Crippen LogP contribution in [-0.4, -0.2) is 10.9 Å². The Bertz CT molecular complexity index is 596. The number of unbranched alkanes of at least 4 members (excludes halogenated alkanes) is 1. The Kier molecular flexibility index (Phi) is 6.22. The number of nitrogens with zero attached hydrogens (tertiary/aromatic N) is 1. The summed E-state index contributed by atoms with van der Waals surface area (Å²) in [5, 5.41) is 6.80. The van der Waals surface area contributed by atoms with E-state index in [9.17, 15) is 4.79 Å². The zero-order valence-corrected chi connectivity index (χ0v) is 13.4. The third kappa shape index (κ3) is 5.37. The monoisotopic (exact) mass is 317 g/mol. The number of anilines is 2. The summed E-state index contributed by atoms with van der Waals surface area (Å²) in [6.45, 7) is 2.76. The van der Waals surface area contributed by atoms with E-state index in [2.05, 4.69) is 22.5 Å². The number of pyridine rings is 1. The Balaban J connectivity index is 1.83. The Morgan fingerprint density at radius 2 is 1.95 bits per heavy atom. The first kappa shape index (κ1) is 16.3. The minimum absolute atomic E-state index is 0.0104. The molecular weight excluding hydrogens is 298 g/mol. The molecular formula is C17H20ClN3O. The zero-order chi connectivity index (χ0) is 15.8. The van der Waals surface area contributed by atoms with Crippen LogP contribution in [0.3, 0.4) is 0 Å². The van der Waals surface area contributed by atoms with Crippen LogP contribution in [-0.2, 0) is 11.3 Å². The van der Waals surface area contributed by atoms with E-state index in [1.807, 2.05) is 30.3 Å². The van der Waals surface area contributed by atoms with Crippen LogP contribution in [0.5, 0.6) is 0 Å². The molecule has 0 saturated carbocycles. The molecule has 1 aromatic carbocycles. The van der Waals surface area contributed by atoms with Crippen LogP contribution in [0.1, 0.15) is 31.7 Å². The van der Waals surface area contributed by atoms with Crippen molar-refractivity contribution in [3.63, 3.8) is 0 Å². The number of nitrogens with one attached hydrogen (secondary N) is 2. The molecule has 1 amide bonds. The fourth-order valence-corrected chi connectivity index (χ4v) is 2.05. The van der Waals surface area contributed by atoms with Crippen LogP contribution in [0.4, 0.5) is 11.5 Å². The van der Waals surface area contributed by atoms with Gasteiger partial charge in [-0.15, -0.1) is 0 Å². The van der Waals surface area contributed by atoms with E-state index in [0.29, 0.717) is 18.8 Å². The molecule has 22 heavy (non-hydrogen) atoms. The fraction of sp³-hybridized carbons (Fsp3) is 0.294. The molecule has 2 aromatic rings. The lowest BCUT2D eigenvalue weighted by atomic mass is 10.2. The normalized spacial score (nSPS) is 10.3. The van der Waals surface area contributed by atoms with Crippen LogP contribution in [0.15, 0.2) is 42.6 Å². The van der Waals surface area contributed by atoms with Gasteiger partial charge in [-0.25, -0.2) is 4.98 Å². The zero-order valence-electron chi connectivity index (χ0n) is 12.6. The topological polar surface area (TPSA) is 54.0 Å². The molecule has 0 radical (unpaired) electrons. The molecule has 0 aliphatic carbocycles. The number of aromatic nitrogens is 1. The first-order valence-corrected chi connectivity index (χ1v) is 7.79. The van der Waals surface area contributed by atoms with Gasteiger partial charge in [-0.2, -0.15) is 0 Å². The van der Waals surface area contributed by atoms with Gasteiger partial charge in [0, 0.05) is 18.0 Å². The summed E-state index contributed by atoms with van der Waals surface area (Å²) in [5.74, 6) is 0.592. The summed E-state index contributed by atoms with van der Waals surface area (Å²) in [6, 6.07) is 11.4. The maximum atomic E-state index is 11.6. The molecule has 4 nitrogen and oxygen atoms in total. The van der Waals surface area contributed by atoms with Crippen LogP contribution in [0.2, 0.25) is 5.02 Å². The van der Waals surface area contributed by atoms with E-state index in [0.717, 1.165) is 29.1 Å². The van der Waals surface area contributed by atoms with Gasteiger partial charge in [0.05, 0.1) is 11.9 Å². The van der Waals surface area contributed by atoms with Gasteiger partial charge in [0.2, 0.25) is 5.91 Å². The Morgan fingerprint density at radius 1 is 1.18 bits per heavy atom. The molecule has 1 aromatic heterocycles. The lowest BCUT2D eigenvalue weighted by Crippen LogP contribution is -2.12. The highest BCUT2D eigenvalue weighted by Gasteiger charge is 2.02. The van der Waals surface area contributed by atoms with Crippen molar-refractivity contribution in [2.75, 3.05) is 10.6 Å². The van der Waals surface area contributed by atoms with Gasteiger partial charge in [-0.3, -0.25) is 4.79 Å². The van der Waals surface area contributed by atoms with E-state index in [1.165, 1.54) is 0 Å². The molecule has 0 bridgehead atoms. The van der Waals surface area contributed by atoms with Crippen LogP contribution in [0.25, 0.3) is 0 Å². The minimum atomic E-state index is 0.0104. The second-order valence-corrected chi connectivity index (χ2v) is 5.50. The molecule has 0 atom stereocenters. The Labute approximate surface area is 135 Å². The molecule has 0 fully saturated rings. The Morgan fingerprint density at radius 3 is 2.59 bits per heavy atom. The third-order valence-electron chi connectivity index (χ3n) is 3.20. The number of carbonyl (C=O) groups excluding carboxylic acids is 1. The third-order valence-corrected chi connectivity index (χ3v) is 3.45. The predicted molar refractivity (Wildman–Crippen MR) is 91.2 cm³/mol. The number of rotatable bonds is 7. The molecule has 0 aliphatic heterocycles. The number of hydrogen-bond donors (Lipinski definition) is 2. The van der Waals surface area contributed by atoms with Crippen molar-refractivity contribution in [2.24, 2.45) is 0 Å². The summed E-state index contributed by atoms with van der Waals surface area (Å²) < 4.78 is 0. The molecule has 0 saturated heterocycles. The van der Waals surface area contributed by atoms with Crippen molar-refractivity contribution < 1.29 is 4.79 Å². The number of carbonyl (C=O) groups is 1. The van der Waals surface area contributed by atoms with E-state index in [-0.39, 0.29) is 5.91 Å². The molecule has 1 heterocycles. The molecule has 116 valence electrons. The fourth-order valence-electron chi connectivity index (χ4n) is 1.92. The quantitative estimate of drug-likeness (QED) is 0.792. The molecule has 0 spiro atoms. The van der Waals surface area contributed by atoms with Crippen molar-refractivity contribution >= 4 is 29.0 Å². The van der Waals surface area contributed by atoms with Gasteiger partial charge in [-0.1, -0.05) is 37.1 Å². The van der Waals surface area contributed by atoms with Gasteiger partial charge in [0.15, 0.2) is 0 Å². The lowest BCUT2D eigenvalue weighted by molar-refractivity contribution is -0.116. The van der Waals surface area contributed by atoms with E-state index in [4.69, 9.17) is 11.6 Å². The lowest BCUT2D eigenvalue weighted by Gasteiger charge is -2.08. The summed E-state index contributed by atoms with van der Waals surface area (Å²) in [4.78, 5) is 15.9. The summed E-state index contributed by atoms with van der Waals surface area (Å²) in [6.07, 6.45) is 4.15. The van der Waals surface area contributed by atoms with Gasteiger partial charge in [0.25, 0.3) is 0 Å². The Hall–Kier alpha value is -2.07. The summed E-state index contributed by atoms with van der Waals surface area (Å²) >= 11 is 5.85. The van der Waals surface area contributed by atoms with Gasteiger partial charge in [-0.05, 0) is 36.2 Å². The number of benzene rings is 1. The standard InChI is InChI=1S/C17H20ClN3O/c1-2-3-4-17(22)21-16-10-9-15(12-20-16)19-11-13-5-7-14(18)8-6-13/h5-10,12,19H,2-4,11H2,1H3,(H,20,21,22). The average molecular weight is 318 g/mol. The first-order valence-electron chi connectivity index (χ1n) is 7.41. The number of halogens is 1. The van der Waals surface area contributed by atoms with Crippen LogP contribution >= 0.6 is 11.6 Å². The highest BCUT2D eigenvalue weighted by Crippen LogP contribution is 2.13. The molecule has 2 N–H and O–H groups in total. The van der Waals surface area contributed by atoms with Crippen molar-refractivity contribution in [1.29, 1.82) is 0 Å². The predicted octanol–water partition coefficient (Wildman–Crippen LogP) is 4.48. The maximum absolute atomic E-state index is 11.6. The summed E-state index contributed by atoms with van der Waals surface area (Å²) in [7, 11) is 0. The highest BCUT2D eigenvalue weighted by atomic mass is 35.5. The molecule has 0 unspecified atom stereocenters. The molecule has 2 rings (SSSR count). The second-order valence-electron chi connectivity index (χ2n) is 5.06. The number of hydrogen-bond acceptors (Lipinski definition) is 3. The van der Waals surface area contributed by atoms with Crippen molar-refractivity contribution in [2.45, 2.75) is 32.7 Å².